The van der Waals surface area contributed by atoms with Gasteiger partial charge in [0.05, 0.1) is 25.3 Å². The highest BCUT2D eigenvalue weighted by Gasteiger charge is 2.46. The van der Waals surface area contributed by atoms with Crippen LogP contribution in [0.15, 0.2) is 60.7 Å². The van der Waals surface area contributed by atoms with Crippen LogP contribution in [0, 0.1) is 0 Å². The smallest absolute Gasteiger partial charge is 0.266 e. The quantitative estimate of drug-likeness (QED) is 0.107. The molecule has 3 aromatic rings. The summed E-state index contributed by atoms with van der Waals surface area (Å²) in [7, 11) is 3.24. The number of benzene rings is 3. The summed E-state index contributed by atoms with van der Waals surface area (Å²) in [6.45, 7) is 1.07. The predicted octanol–water partition coefficient (Wildman–Crippen LogP) is 2.77. The van der Waals surface area contributed by atoms with Gasteiger partial charge in [-0.15, -0.1) is 0 Å². The highest BCUT2D eigenvalue weighted by molar-refractivity contribution is 6.24. The molecule has 6 amide bonds. The third-order valence-electron chi connectivity index (χ3n) is 9.01. The maximum atomic E-state index is 13.2. The molecule has 2 aliphatic rings. The number of piperidine rings is 1. The minimum absolute atomic E-state index is 0.00956. The standard InChI is InChI=1S/C40H46N4O11/c1-51-31-16-14-27(23-33(31)52-2)9-3-8-26-10-4-11-28(22-26)54-24-35(46)41-18-6-20-53-21-7-19-42-36(47)25-55-32-13-5-12-29-37(32)40(50)44(39(29)49)30-15-17-34(45)43-38(30)48/h4-5,10-14,16,22-23,30H,3,6-9,15,17-21,24-25H2,1-2H3,(H,41,46)(H,42,47)(H,43,45,48). The third-order valence-corrected chi connectivity index (χ3v) is 9.01. The fraction of sp³-hybridized carbons (Fsp3) is 0.400. The molecule has 0 aromatic heterocycles. The Morgan fingerprint density at radius 2 is 1.42 bits per heavy atom. The zero-order chi connectivity index (χ0) is 39.2. The van der Waals surface area contributed by atoms with Crippen molar-refractivity contribution in [1.29, 1.82) is 0 Å². The van der Waals surface area contributed by atoms with Gasteiger partial charge < -0.3 is 34.3 Å². The van der Waals surface area contributed by atoms with Gasteiger partial charge in [-0.3, -0.25) is 39.0 Å². The van der Waals surface area contributed by atoms with Gasteiger partial charge in [0.25, 0.3) is 23.6 Å². The molecule has 1 atom stereocenters. The molecule has 2 heterocycles. The zero-order valence-electron chi connectivity index (χ0n) is 31.0. The summed E-state index contributed by atoms with van der Waals surface area (Å²) in [4.78, 5) is 75.5. The van der Waals surface area contributed by atoms with Crippen LogP contribution >= 0.6 is 0 Å². The Hall–Kier alpha value is -5.96. The minimum Gasteiger partial charge on any atom is -0.493 e. The van der Waals surface area contributed by atoms with E-state index in [9.17, 15) is 28.8 Å². The molecule has 0 saturated carbocycles. The normalized spacial score (nSPS) is 14.9. The van der Waals surface area contributed by atoms with Crippen molar-refractivity contribution < 1.29 is 52.5 Å². The SMILES string of the molecule is COc1ccc(CCCc2cccc(OCC(=O)NCCCOCCCNC(=O)COc3cccc4c3C(=O)N(C3CCC(=O)NC3=O)C4=O)c2)cc1OC. The second-order valence-electron chi connectivity index (χ2n) is 12.9. The fourth-order valence-electron chi connectivity index (χ4n) is 6.23. The number of methoxy groups -OCH3 is 2. The van der Waals surface area contributed by atoms with Gasteiger partial charge in [0.1, 0.15) is 17.5 Å². The maximum Gasteiger partial charge on any atom is 0.266 e. The van der Waals surface area contributed by atoms with Crippen LogP contribution in [0.4, 0.5) is 0 Å². The zero-order valence-corrected chi connectivity index (χ0v) is 31.0. The lowest BCUT2D eigenvalue weighted by Gasteiger charge is -2.27. The summed E-state index contributed by atoms with van der Waals surface area (Å²) in [6.07, 6.45) is 3.86. The van der Waals surface area contributed by atoms with E-state index in [4.69, 9.17) is 23.7 Å². The molecule has 2 aliphatic heterocycles. The second kappa shape index (κ2) is 19.9. The molecule has 55 heavy (non-hydrogen) atoms. The lowest BCUT2D eigenvalue weighted by molar-refractivity contribution is -0.136. The molecule has 1 fully saturated rings. The van der Waals surface area contributed by atoms with Gasteiger partial charge in [-0.25, -0.2) is 0 Å². The maximum absolute atomic E-state index is 13.2. The monoisotopic (exact) mass is 758 g/mol. The molecule has 3 aromatic carbocycles. The van der Waals surface area contributed by atoms with Crippen LogP contribution < -0.4 is 34.9 Å². The number of imide groups is 2. The van der Waals surface area contributed by atoms with Crippen LogP contribution in [0.3, 0.4) is 0 Å². The second-order valence-corrected chi connectivity index (χ2v) is 12.9. The Labute approximate surface area is 319 Å². The summed E-state index contributed by atoms with van der Waals surface area (Å²) < 4.78 is 27.6. The first-order valence-electron chi connectivity index (χ1n) is 18.2. The minimum atomic E-state index is -1.10. The number of fused-ring (bicyclic) bond motifs is 1. The van der Waals surface area contributed by atoms with Crippen LogP contribution in [0.2, 0.25) is 0 Å². The van der Waals surface area contributed by atoms with Gasteiger partial charge in [0.2, 0.25) is 11.8 Å². The molecule has 1 unspecified atom stereocenters. The molecule has 15 nitrogen and oxygen atoms in total. The van der Waals surface area contributed by atoms with E-state index in [1.165, 1.54) is 18.2 Å². The van der Waals surface area contributed by atoms with Gasteiger partial charge in [-0.1, -0.05) is 24.3 Å². The molecule has 3 N–H and O–H groups in total. The molecular formula is C40H46N4O11. The van der Waals surface area contributed by atoms with Crippen molar-refractivity contribution in [1.82, 2.24) is 20.9 Å². The molecule has 15 heteroatoms. The average molecular weight is 759 g/mol. The number of amides is 6. The Balaban J connectivity index is 0.898. The first-order chi connectivity index (χ1) is 26.7. The molecule has 1 saturated heterocycles. The summed E-state index contributed by atoms with van der Waals surface area (Å²) in [6, 6.07) is 17.0. The fourth-order valence-corrected chi connectivity index (χ4v) is 6.23. The van der Waals surface area contributed by atoms with E-state index < -0.39 is 42.2 Å². The van der Waals surface area contributed by atoms with Crippen molar-refractivity contribution in [2.75, 3.05) is 53.7 Å². The number of hydrogen-bond acceptors (Lipinski definition) is 11. The highest BCUT2D eigenvalue weighted by Crippen LogP contribution is 2.33. The van der Waals surface area contributed by atoms with Gasteiger partial charge in [0, 0.05) is 32.7 Å². The van der Waals surface area contributed by atoms with Crippen molar-refractivity contribution in [2.45, 2.75) is 51.0 Å². The average Bonchev–Trinajstić information content (AvgIpc) is 3.44. The number of nitrogens with one attached hydrogen (secondary N) is 3. The number of rotatable bonds is 21. The summed E-state index contributed by atoms with van der Waals surface area (Å²) in [5, 5.41) is 7.69. The lowest BCUT2D eigenvalue weighted by Crippen LogP contribution is -2.54. The van der Waals surface area contributed by atoms with Crippen molar-refractivity contribution in [3.05, 3.63) is 82.9 Å². The number of ether oxygens (including phenoxy) is 5. The molecule has 0 spiro atoms. The first kappa shape index (κ1) is 40.2. The van der Waals surface area contributed by atoms with Gasteiger partial charge in [-0.2, -0.15) is 0 Å². The van der Waals surface area contributed by atoms with Crippen LogP contribution in [0.25, 0.3) is 0 Å². The molecular weight excluding hydrogens is 712 g/mol. The van der Waals surface area contributed by atoms with Crippen LogP contribution in [-0.2, 0) is 36.8 Å². The molecule has 0 bridgehead atoms. The highest BCUT2D eigenvalue weighted by atomic mass is 16.5. The number of nitrogens with zero attached hydrogens (tertiary/aromatic N) is 1. The largest absolute Gasteiger partial charge is 0.493 e. The number of hydrogen-bond donors (Lipinski definition) is 3. The van der Waals surface area contributed by atoms with Crippen LogP contribution in [0.5, 0.6) is 23.0 Å². The molecule has 0 radical (unpaired) electrons. The van der Waals surface area contributed by atoms with Crippen molar-refractivity contribution in [2.24, 2.45) is 0 Å². The Kier molecular flexibility index (Phi) is 14.6. The van der Waals surface area contributed by atoms with Crippen LogP contribution in [0.1, 0.15) is 63.9 Å². The van der Waals surface area contributed by atoms with E-state index >= 15 is 0 Å². The predicted molar refractivity (Wildman–Crippen MR) is 198 cm³/mol. The van der Waals surface area contributed by atoms with Crippen LogP contribution in [-0.4, -0.2) is 100 Å². The van der Waals surface area contributed by atoms with Crippen molar-refractivity contribution >= 4 is 35.4 Å². The van der Waals surface area contributed by atoms with Crippen molar-refractivity contribution in [3.63, 3.8) is 0 Å². The number of carbonyl (C=O) groups excluding carboxylic acids is 6. The summed E-state index contributed by atoms with van der Waals surface area (Å²) >= 11 is 0. The van der Waals surface area contributed by atoms with E-state index in [2.05, 4.69) is 16.0 Å². The van der Waals surface area contributed by atoms with Crippen molar-refractivity contribution in [3.8, 4) is 23.0 Å². The van der Waals surface area contributed by atoms with E-state index in [1.54, 1.807) is 14.2 Å². The topological polar surface area (TPSA) is 188 Å². The first-order valence-corrected chi connectivity index (χ1v) is 18.2. The summed E-state index contributed by atoms with van der Waals surface area (Å²) in [5.74, 6) is -1.11. The molecule has 5 rings (SSSR count). The number of carbonyl (C=O) groups is 6. The lowest BCUT2D eigenvalue weighted by atomic mass is 10.0. The Morgan fingerprint density at radius 3 is 2.11 bits per heavy atom. The van der Waals surface area contributed by atoms with Gasteiger partial charge >= 0.3 is 0 Å². The van der Waals surface area contributed by atoms with E-state index in [-0.39, 0.29) is 42.2 Å². The Bertz CT molecular complexity index is 1880. The third kappa shape index (κ3) is 11.0. The summed E-state index contributed by atoms with van der Waals surface area (Å²) in [5.41, 5.74) is 2.33. The Morgan fingerprint density at radius 1 is 0.745 bits per heavy atom. The van der Waals surface area contributed by atoms with Gasteiger partial charge in [-0.05, 0) is 86.1 Å². The van der Waals surface area contributed by atoms with E-state index in [1.807, 2.05) is 42.5 Å². The number of aryl methyl sites for hydroxylation is 2. The molecule has 0 aliphatic carbocycles. The van der Waals surface area contributed by atoms with E-state index in [0.717, 1.165) is 35.3 Å². The van der Waals surface area contributed by atoms with E-state index in [0.29, 0.717) is 56.4 Å². The molecule has 292 valence electrons. The van der Waals surface area contributed by atoms with Gasteiger partial charge in [0.15, 0.2) is 24.7 Å².